The average molecular weight is 456 g/mol. The number of hydrogen-bond donors (Lipinski definition) is 0. The van der Waals surface area contributed by atoms with Crippen LogP contribution in [0.25, 0.3) is 0 Å². The largest absolute Gasteiger partial charge is 0.465 e. The third-order valence-corrected chi connectivity index (χ3v) is 3.80. The number of benzene rings is 2. The minimum atomic E-state index is -0.469. The van der Waals surface area contributed by atoms with E-state index in [1.54, 1.807) is 36.4 Å². The monoisotopic (exact) mass is 454 g/mol. The van der Waals surface area contributed by atoms with E-state index in [4.69, 9.17) is 0 Å². The molecule has 24 heavy (non-hydrogen) atoms. The molecule has 0 heterocycles. The molecule has 0 unspecified atom stereocenters. The zero-order valence-electron chi connectivity index (χ0n) is 12.7. The van der Waals surface area contributed by atoms with Crippen LogP contribution in [0.3, 0.4) is 0 Å². The highest BCUT2D eigenvalue weighted by atomic mass is 79.9. The third kappa shape index (κ3) is 4.72. The Bertz CT molecular complexity index is 754. The Morgan fingerprint density at radius 2 is 1.12 bits per heavy atom. The van der Waals surface area contributed by atoms with E-state index in [0.717, 1.165) is 0 Å². The summed E-state index contributed by atoms with van der Waals surface area (Å²) >= 11 is 6.62. The van der Waals surface area contributed by atoms with Gasteiger partial charge in [-0.05, 0) is 36.4 Å². The fraction of sp³-hybridized carbons (Fsp3) is 0.125. The second kappa shape index (κ2) is 8.16. The van der Waals surface area contributed by atoms with E-state index in [1.165, 1.54) is 14.2 Å². The summed E-state index contributed by atoms with van der Waals surface area (Å²) in [5.74, 6) is -0.939. The Morgan fingerprint density at radius 1 is 0.750 bits per heavy atom. The van der Waals surface area contributed by atoms with Crippen molar-refractivity contribution >= 4 is 55.2 Å². The molecule has 0 amide bonds. The van der Waals surface area contributed by atoms with Gasteiger partial charge in [-0.25, -0.2) is 9.59 Å². The number of carbonyl (C=O) groups excluding carboxylic acids is 2. The van der Waals surface area contributed by atoms with Gasteiger partial charge in [0, 0.05) is 8.95 Å². The minimum absolute atomic E-state index is 0.352. The van der Waals surface area contributed by atoms with Crippen molar-refractivity contribution in [2.24, 2.45) is 10.2 Å². The summed E-state index contributed by atoms with van der Waals surface area (Å²) in [5.41, 5.74) is 1.63. The van der Waals surface area contributed by atoms with Crippen LogP contribution >= 0.6 is 31.9 Å². The van der Waals surface area contributed by atoms with Crippen molar-refractivity contribution in [1.82, 2.24) is 0 Å². The van der Waals surface area contributed by atoms with Gasteiger partial charge in [0.15, 0.2) is 0 Å². The number of methoxy groups -OCH3 is 2. The van der Waals surface area contributed by atoms with E-state index in [1.807, 2.05) is 0 Å². The van der Waals surface area contributed by atoms with E-state index in [2.05, 4.69) is 51.6 Å². The van der Waals surface area contributed by atoms with Crippen molar-refractivity contribution in [3.63, 3.8) is 0 Å². The molecule has 0 N–H and O–H groups in total. The van der Waals surface area contributed by atoms with Crippen molar-refractivity contribution in [2.45, 2.75) is 0 Å². The van der Waals surface area contributed by atoms with E-state index < -0.39 is 11.9 Å². The molecule has 0 radical (unpaired) electrons. The average Bonchev–Trinajstić information content (AvgIpc) is 2.57. The molecule has 0 fully saturated rings. The van der Waals surface area contributed by atoms with E-state index >= 15 is 0 Å². The number of nitrogens with zero attached hydrogens (tertiary/aromatic N) is 2. The maximum absolute atomic E-state index is 11.6. The fourth-order valence-corrected chi connectivity index (χ4v) is 2.81. The predicted octanol–water partition coefficient (Wildman–Crippen LogP) is 5.20. The van der Waals surface area contributed by atoms with Crippen molar-refractivity contribution in [1.29, 1.82) is 0 Å². The van der Waals surface area contributed by atoms with Crippen molar-refractivity contribution in [2.75, 3.05) is 14.2 Å². The Labute approximate surface area is 155 Å². The van der Waals surface area contributed by atoms with E-state index in [0.29, 0.717) is 31.4 Å². The van der Waals surface area contributed by atoms with Crippen LogP contribution in [0.1, 0.15) is 20.7 Å². The molecular weight excluding hydrogens is 444 g/mol. The maximum atomic E-state index is 11.6. The van der Waals surface area contributed by atoms with Crippen LogP contribution in [0.4, 0.5) is 11.4 Å². The van der Waals surface area contributed by atoms with Gasteiger partial charge in [0.05, 0.1) is 36.7 Å². The number of carbonyl (C=O) groups is 2. The predicted molar refractivity (Wildman–Crippen MR) is 95.1 cm³/mol. The molecule has 0 spiro atoms. The van der Waals surface area contributed by atoms with Crippen molar-refractivity contribution in [3.8, 4) is 0 Å². The van der Waals surface area contributed by atoms with Crippen LogP contribution in [0.5, 0.6) is 0 Å². The summed E-state index contributed by atoms with van der Waals surface area (Å²) in [5, 5.41) is 8.19. The molecule has 2 aromatic carbocycles. The van der Waals surface area contributed by atoms with Gasteiger partial charge in [0.25, 0.3) is 0 Å². The fourth-order valence-electron chi connectivity index (χ4n) is 1.85. The first-order chi connectivity index (χ1) is 11.4. The molecule has 0 aliphatic rings. The molecule has 0 atom stereocenters. The smallest absolute Gasteiger partial charge is 0.337 e. The van der Waals surface area contributed by atoms with Gasteiger partial charge in [-0.2, -0.15) is 10.2 Å². The van der Waals surface area contributed by atoms with E-state index in [9.17, 15) is 9.59 Å². The Balaban J connectivity index is 2.34. The lowest BCUT2D eigenvalue weighted by atomic mass is 10.2. The summed E-state index contributed by atoms with van der Waals surface area (Å²) in [6.07, 6.45) is 0. The van der Waals surface area contributed by atoms with Crippen LogP contribution in [0, 0.1) is 0 Å². The molecule has 2 aromatic rings. The van der Waals surface area contributed by atoms with Crippen LogP contribution in [-0.2, 0) is 9.47 Å². The lowest BCUT2D eigenvalue weighted by molar-refractivity contribution is 0.0592. The van der Waals surface area contributed by atoms with Gasteiger partial charge in [-0.15, -0.1) is 0 Å². The van der Waals surface area contributed by atoms with Gasteiger partial charge in [-0.1, -0.05) is 31.9 Å². The lowest BCUT2D eigenvalue weighted by Crippen LogP contribution is -2.00. The minimum Gasteiger partial charge on any atom is -0.465 e. The van der Waals surface area contributed by atoms with Gasteiger partial charge in [-0.3, -0.25) is 0 Å². The van der Waals surface area contributed by atoms with Crippen molar-refractivity contribution in [3.05, 3.63) is 56.5 Å². The molecule has 2 rings (SSSR count). The zero-order chi connectivity index (χ0) is 17.7. The first-order valence-electron chi connectivity index (χ1n) is 6.62. The second-order valence-electron chi connectivity index (χ2n) is 4.58. The second-order valence-corrected chi connectivity index (χ2v) is 6.41. The van der Waals surface area contributed by atoms with Gasteiger partial charge < -0.3 is 9.47 Å². The first-order valence-corrected chi connectivity index (χ1v) is 8.21. The molecule has 0 aliphatic heterocycles. The van der Waals surface area contributed by atoms with Crippen molar-refractivity contribution < 1.29 is 19.1 Å². The maximum Gasteiger partial charge on any atom is 0.337 e. The third-order valence-electron chi connectivity index (χ3n) is 2.89. The SMILES string of the molecule is COC(=O)c1cc(Br)cc(N=Nc2cc(Br)cc(C(=O)OC)c2)c1. The Kier molecular flexibility index (Phi) is 6.22. The first kappa shape index (κ1) is 18.3. The highest BCUT2D eigenvalue weighted by Crippen LogP contribution is 2.27. The van der Waals surface area contributed by atoms with Crippen LogP contribution in [0.2, 0.25) is 0 Å². The highest BCUT2D eigenvalue weighted by Gasteiger charge is 2.09. The molecule has 0 aliphatic carbocycles. The van der Waals surface area contributed by atoms with Crippen LogP contribution in [-0.4, -0.2) is 26.2 Å². The van der Waals surface area contributed by atoms with E-state index in [-0.39, 0.29) is 0 Å². The summed E-state index contributed by atoms with van der Waals surface area (Å²) in [6, 6.07) is 9.77. The number of ether oxygens (including phenoxy) is 2. The summed E-state index contributed by atoms with van der Waals surface area (Å²) in [4.78, 5) is 23.2. The number of esters is 2. The lowest BCUT2D eigenvalue weighted by Gasteiger charge is -2.03. The number of azo groups is 1. The molecular formula is C16H12Br2N2O4. The van der Waals surface area contributed by atoms with Crippen LogP contribution < -0.4 is 0 Å². The molecule has 124 valence electrons. The zero-order valence-corrected chi connectivity index (χ0v) is 15.9. The molecule has 0 aromatic heterocycles. The summed E-state index contributed by atoms with van der Waals surface area (Å²) in [7, 11) is 2.61. The van der Waals surface area contributed by atoms with Gasteiger partial charge >= 0.3 is 11.9 Å². The number of hydrogen-bond acceptors (Lipinski definition) is 6. The topological polar surface area (TPSA) is 77.3 Å². The van der Waals surface area contributed by atoms with Crippen LogP contribution in [0.15, 0.2) is 55.6 Å². The normalized spacial score (nSPS) is 10.7. The standard InChI is InChI=1S/C16H12Br2N2O4/c1-23-15(21)9-3-11(17)7-13(5-9)19-20-14-6-10(16(22)24-2)4-12(18)8-14/h3-8H,1-2H3. The highest BCUT2D eigenvalue weighted by molar-refractivity contribution is 9.10. The summed E-state index contributed by atoms with van der Waals surface area (Å²) in [6.45, 7) is 0. The number of halogens is 2. The number of rotatable bonds is 4. The quantitative estimate of drug-likeness (QED) is 0.468. The van der Waals surface area contributed by atoms with Gasteiger partial charge in [0.1, 0.15) is 0 Å². The molecule has 0 saturated carbocycles. The Hall–Kier alpha value is -2.06. The molecule has 6 nitrogen and oxygen atoms in total. The Morgan fingerprint density at radius 3 is 1.46 bits per heavy atom. The molecule has 0 saturated heterocycles. The summed E-state index contributed by atoms with van der Waals surface area (Å²) < 4.78 is 10.7. The van der Waals surface area contributed by atoms with Gasteiger partial charge in [0.2, 0.25) is 0 Å². The molecule has 0 bridgehead atoms. The molecule has 8 heteroatoms.